The van der Waals surface area contributed by atoms with Gasteiger partial charge in [0.15, 0.2) is 0 Å². The maximum Gasteiger partial charge on any atom is 0.337 e. The van der Waals surface area contributed by atoms with E-state index in [1.165, 1.54) is 12.0 Å². The summed E-state index contributed by atoms with van der Waals surface area (Å²) in [6, 6.07) is 7.06. The van der Waals surface area contributed by atoms with Crippen molar-refractivity contribution in [3.8, 4) is 0 Å². The molecule has 1 aliphatic heterocycles. The van der Waals surface area contributed by atoms with Crippen molar-refractivity contribution in [2.24, 2.45) is 0 Å². The molecule has 1 aromatic carbocycles. The van der Waals surface area contributed by atoms with E-state index in [4.69, 9.17) is 4.74 Å². The topological polar surface area (TPSA) is 58.6 Å². The summed E-state index contributed by atoms with van der Waals surface area (Å²) < 4.78 is 4.89. The first kappa shape index (κ1) is 15.1. The van der Waals surface area contributed by atoms with Crippen molar-refractivity contribution in [3.63, 3.8) is 0 Å². The second-order valence-corrected chi connectivity index (χ2v) is 5.03. The molecule has 0 unspecified atom stereocenters. The summed E-state index contributed by atoms with van der Waals surface area (Å²) in [7, 11) is 1.35. The molecule has 1 N–H and O–H groups in total. The number of allylic oxidation sites excluding steroid dienone is 1. The lowest BCUT2D eigenvalue weighted by molar-refractivity contribution is -0.136. The number of hydrogen-bond donors (Lipinski definition) is 1. The molecule has 0 spiro atoms. The van der Waals surface area contributed by atoms with E-state index in [1.54, 1.807) is 6.92 Å². The molecule has 5 heteroatoms. The molecular formula is C16H20N2O3. The zero-order valence-electron chi connectivity index (χ0n) is 12.8. The van der Waals surface area contributed by atoms with Crippen LogP contribution in [0.15, 0.2) is 35.5 Å². The van der Waals surface area contributed by atoms with Gasteiger partial charge in [0.05, 0.1) is 18.7 Å². The third-order valence-corrected chi connectivity index (χ3v) is 3.73. The highest BCUT2D eigenvalue weighted by Gasteiger charge is 2.35. The Balaban J connectivity index is 2.52. The first-order valence-corrected chi connectivity index (χ1v) is 6.93. The minimum atomic E-state index is -0.478. The Hall–Kier alpha value is -2.30. The number of esters is 1. The van der Waals surface area contributed by atoms with Crippen molar-refractivity contribution in [2.75, 3.05) is 13.7 Å². The maximum absolute atomic E-state index is 12.2. The van der Waals surface area contributed by atoms with E-state index >= 15 is 0 Å². The summed E-state index contributed by atoms with van der Waals surface area (Å²) in [6.07, 6.45) is 0. The molecule has 2 rings (SSSR count). The number of benzene rings is 1. The minimum absolute atomic E-state index is 0.201. The lowest BCUT2D eigenvalue weighted by Gasteiger charge is -2.34. The Morgan fingerprint density at radius 1 is 1.29 bits per heavy atom. The fourth-order valence-electron chi connectivity index (χ4n) is 2.55. The van der Waals surface area contributed by atoms with Gasteiger partial charge in [0, 0.05) is 12.2 Å². The first-order valence-electron chi connectivity index (χ1n) is 6.93. The van der Waals surface area contributed by atoms with Gasteiger partial charge >= 0.3 is 12.0 Å². The second-order valence-electron chi connectivity index (χ2n) is 5.03. The van der Waals surface area contributed by atoms with E-state index in [9.17, 15) is 9.59 Å². The van der Waals surface area contributed by atoms with Gasteiger partial charge in [-0.2, -0.15) is 0 Å². The van der Waals surface area contributed by atoms with Crippen LogP contribution in [0.25, 0.3) is 0 Å². The molecule has 2 amide bonds. The fraction of sp³-hybridized carbons (Fsp3) is 0.375. The number of urea groups is 1. The van der Waals surface area contributed by atoms with Gasteiger partial charge in [-0.3, -0.25) is 4.90 Å². The van der Waals surface area contributed by atoms with Gasteiger partial charge in [-0.15, -0.1) is 0 Å². The average Bonchev–Trinajstić information content (AvgIpc) is 2.47. The minimum Gasteiger partial charge on any atom is -0.466 e. The number of aryl methyl sites for hydroxylation is 1. The van der Waals surface area contributed by atoms with Gasteiger partial charge in [0.1, 0.15) is 0 Å². The van der Waals surface area contributed by atoms with Gasteiger partial charge in [0.25, 0.3) is 0 Å². The van der Waals surface area contributed by atoms with Crippen LogP contribution in [0.2, 0.25) is 0 Å². The molecule has 0 saturated heterocycles. The quantitative estimate of drug-likeness (QED) is 0.869. The van der Waals surface area contributed by atoms with Gasteiger partial charge in [-0.05, 0) is 26.3 Å². The van der Waals surface area contributed by atoms with E-state index in [0.717, 1.165) is 11.1 Å². The molecule has 1 atom stereocenters. The van der Waals surface area contributed by atoms with Crippen molar-refractivity contribution in [2.45, 2.75) is 26.8 Å². The lowest BCUT2D eigenvalue weighted by Crippen LogP contribution is -2.47. The number of hydrogen-bond acceptors (Lipinski definition) is 3. The number of nitrogens with one attached hydrogen (secondary N) is 1. The van der Waals surface area contributed by atoms with Crippen LogP contribution in [0.1, 0.15) is 31.0 Å². The number of amides is 2. The number of ether oxygens (including phenoxy) is 1. The van der Waals surface area contributed by atoms with Crippen LogP contribution in [0.4, 0.5) is 4.79 Å². The largest absolute Gasteiger partial charge is 0.466 e. The molecule has 112 valence electrons. The molecule has 1 heterocycles. The highest BCUT2D eigenvalue weighted by Crippen LogP contribution is 2.31. The molecule has 0 aromatic heterocycles. The van der Waals surface area contributed by atoms with Crippen LogP contribution < -0.4 is 5.32 Å². The molecule has 0 radical (unpaired) electrons. The van der Waals surface area contributed by atoms with Gasteiger partial charge in [0.2, 0.25) is 0 Å². The first-order chi connectivity index (χ1) is 9.99. The van der Waals surface area contributed by atoms with Crippen LogP contribution >= 0.6 is 0 Å². The van der Waals surface area contributed by atoms with E-state index in [0.29, 0.717) is 17.8 Å². The lowest BCUT2D eigenvalue weighted by atomic mass is 9.94. The standard InChI is InChI=1S/C16H20N2O3/c1-5-18-11(3)13(15(19)21-4)14(17-16(18)20)12-8-6-10(2)7-9-12/h6-9,14H,5H2,1-4H3,(H,17,20)/t14-/m0/s1. The van der Waals surface area contributed by atoms with E-state index in [-0.39, 0.29) is 6.03 Å². The summed E-state index contributed by atoms with van der Waals surface area (Å²) in [5, 5.41) is 2.88. The molecule has 0 aliphatic carbocycles. The molecule has 1 aromatic rings. The SMILES string of the molecule is CCN1C(=O)N[C@@H](c2ccc(C)cc2)C(C(=O)OC)=C1C. The average molecular weight is 288 g/mol. The highest BCUT2D eigenvalue weighted by molar-refractivity contribution is 5.94. The van der Waals surface area contributed by atoms with Gasteiger partial charge in [-0.1, -0.05) is 29.8 Å². The maximum atomic E-state index is 12.2. The normalized spacial score (nSPS) is 18.6. The van der Waals surface area contributed by atoms with E-state index in [2.05, 4.69) is 5.32 Å². The van der Waals surface area contributed by atoms with Crippen molar-refractivity contribution in [1.29, 1.82) is 0 Å². The van der Waals surface area contributed by atoms with Crippen molar-refractivity contribution >= 4 is 12.0 Å². The zero-order chi connectivity index (χ0) is 15.6. The van der Waals surface area contributed by atoms with E-state index in [1.807, 2.05) is 38.1 Å². The monoisotopic (exact) mass is 288 g/mol. The van der Waals surface area contributed by atoms with E-state index < -0.39 is 12.0 Å². The number of carbonyl (C=O) groups excluding carboxylic acids is 2. The molecule has 0 saturated carbocycles. The third-order valence-electron chi connectivity index (χ3n) is 3.73. The Morgan fingerprint density at radius 3 is 2.43 bits per heavy atom. The number of nitrogens with zero attached hydrogens (tertiary/aromatic N) is 1. The summed E-state index contributed by atoms with van der Waals surface area (Å²) in [5.41, 5.74) is 3.10. The van der Waals surface area contributed by atoms with Crippen LogP contribution in [0.3, 0.4) is 0 Å². The van der Waals surface area contributed by atoms with Crippen molar-refractivity contribution in [1.82, 2.24) is 10.2 Å². The molecule has 0 bridgehead atoms. The predicted octanol–water partition coefficient (Wildman–Crippen LogP) is 2.53. The number of methoxy groups -OCH3 is 1. The van der Waals surface area contributed by atoms with Crippen LogP contribution in [0.5, 0.6) is 0 Å². The summed E-state index contributed by atoms with van der Waals surface area (Å²) in [5.74, 6) is -0.420. The molecule has 0 fully saturated rings. The summed E-state index contributed by atoms with van der Waals surface area (Å²) in [6.45, 7) is 6.13. The second kappa shape index (κ2) is 5.99. The smallest absolute Gasteiger partial charge is 0.337 e. The molecule has 21 heavy (non-hydrogen) atoms. The third kappa shape index (κ3) is 2.77. The molecule has 1 aliphatic rings. The number of rotatable bonds is 3. The predicted molar refractivity (Wildman–Crippen MR) is 79.5 cm³/mol. The van der Waals surface area contributed by atoms with Crippen molar-refractivity contribution < 1.29 is 14.3 Å². The Labute approximate surface area is 124 Å². The van der Waals surface area contributed by atoms with Crippen LogP contribution in [-0.2, 0) is 9.53 Å². The number of carbonyl (C=O) groups is 2. The zero-order valence-corrected chi connectivity index (χ0v) is 12.8. The Bertz CT molecular complexity index is 590. The van der Waals surface area contributed by atoms with Gasteiger partial charge in [-0.25, -0.2) is 9.59 Å². The van der Waals surface area contributed by atoms with Gasteiger partial charge < -0.3 is 10.1 Å². The van der Waals surface area contributed by atoms with Crippen LogP contribution in [-0.4, -0.2) is 30.6 Å². The highest BCUT2D eigenvalue weighted by atomic mass is 16.5. The van der Waals surface area contributed by atoms with Crippen molar-refractivity contribution in [3.05, 3.63) is 46.7 Å². The Kier molecular flexibility index (Phi) is 4.31. The summed E-state index contributed by atoms with van der Waals surface area (Å²) in [4.78, 5) is 25.8. The fourth-order valence-corrected chi connectivity index (χ4v) is 2.55. The molecule has 5 nitrogen and oxygen atoms in total. The summed E-state index contributed by atoms with van der Waals surface area (Å²) >= 11 is 0. The molecular weight excluding hydrogens is 268 g/mol. The van der Waals surface area contributed by atoms with Crippen LogP contribution in [0, 0.1) is 6.92 Å². The Morgan fingerprint density at radius 2 is 1.90 bits per heavy atom.